The summed E-state index contributed by atoms with van der Waals surface area (Å²) >= 11 is 1.87. The summed E-state index contributed by atoms with van der Waals surface area (Å²) in [5, 5.41) is 11.5. The van der Waals surface area contributed by atoms with E-state index in [2.05, 4.69) is 95.1 Å². The van der Waals surface area contributed by atoms with Crippen LogP contribution in [0.1, 0.15) is 0 Å². The SMILES string of the molecule is c1ccc2c(-c3ccc(-c4cccc5c4sc4ccccc45)cc3)n[nH]c2c1. The van der Waals surface area contributed by atoms with E-state index < -0.39 is 0 Å². The predicted octanol–water partition coefficient (Wildman–Crippen LogP) is 7.26. The highest BCUT2D eigenvalue weighted by molar-refractivity contribution is 7.26. The highest BCUT2D eigenvalue weighted by Crippen LogP contribution is 2.40. The van der Waals surface area contributed by atoms with Crippen LogP contribution in [0.2, 0.25) is 0 Å². The van der Waals surface area contributed by atoms with Crippen LogP contribution in [0.5, 0.6) is 0 Å². The maximum Gasteiger partial charge on any atom is 0.0999 e. The van der Waals surface area contributed by atoms with Crippen molar-refractivity contribution in [3.63, 3.8) is 0 Å². The third-order valence-corrected chi connectivity index (χ3v) is 6.56. The zero-order valence-electron chi connectivity index (χ0n) is 15.0. The van der Waals surface area contributed by atoms with Gasteiger partial charge in [-0.25, -0.2) is 0 Å². The molecule has 2 aromatic heterocycles. The van der Waals surface area contributed by atoms with Crippen LogP contribution in [-0.2, 0) is 0 Å². The number of para-hydroxylation sites is 1. The number of nitrogens with one attached hydrogen (secondary N) is 1. The number of thiophene rings is 1. The maximum absolute atomic E-state index is 4.52. The molecule has 4 aromatic carbocycles. The van der Waals surface area contributed by atoms with Crippen LogP contribution in [0.15, 0.2) is 91.0 Å². The van der Waals surface area contributed by atoms with Gasteiger partial charge in [-0.05, 0) is 23.3 Å². The van der Waals surface area contributed by atoms with Crippen molar-refractivity contribution < 1.29 is 0 Å². The molecule has 0 unspecified atom stereocenters. The standard InChI is InChI=1S/C25H16N2S/c1-3-10-22-21(7-1)24(27-26-22)17-14-12-16(13-15-17)18-8-5-9-20-19-6-2-4-11-23(19)28-25(18)20/h1-15H,(H,26,27). The third kappa shape index (κ3) is 2.30. The second-order valence-electron chi connectivity index (χ2n) is 6.98. The number of H-pyrrole nitrogens is 1. The molecule has 3 heteroatoms. The van der Waals surface area contributed by atoms with E-state index in [0.717, 1.165) is 22.2 Å². The van der Waals surface area contributed by atoms with Gasteiger partial charge in [-0.3, -0.25) is 5.10 Å². The maximum atomic E-state index is 4.52. The highest BCUT2D eigenvalue weighted by atomic mass is 32.1. The lowest BCUT2D eigenvalue weighted by Gasteiger charge is -2.05. The molecule has 1 N–H and O–H groups in total. The van der Waals surface area contributed by atoms with Gasteiger partial charge in [-0.2, -0.15) is 5.10 Å². The normalized spacial score (nSPS) is 11.6. The summed E-state index contributed by atoms with van der Waals surface area (Å²) in [6, 6.07) is 32.2. The van der Waals surface area contributed by atoms with Gasteiger partial charge < -0.3 is 0 Å². The molecule has 0 amide bonds. The second-order valence-corrected chi connectivity index (χ2v) is 8.03. The fourth-order valence-corrected chi connectivity index (χ4v) is 5.20. The summed E-state index contributed by atoms with van der Waals surface area (Å²) in [6.45, 7) is 0. The van der Waals surface area contributed by atoms with Gasteiger partial charge in [0.1, 0.15) is 0 Å². The molecule has 0 saturated carbocycles. The van der Waals surface area contributed by atoms with Crippen molar-refractivity contribution in [1.29, 1.82) is 0 Å². The summed E-state index contributed by atoms with van der Waals surface area (Å²) in [5.74, 6) is 0. The topological polar surface area (TPSA) is 28.7 Å². The van der Waals surface area contributed by atoms with Gasteiger partial charge >= 0.3 is 0 Å². The molecule has 0 aliphatic heterocycles. The molecular weight excluding hydrogens is 360 g/mol. The first kappa shape index (κ1) is 15.6. The summed E-state index contributed by atoms with van der Waals surface area (Å²) < 4.78 is 2.69. The molecule has 0 bridgehead atoms. The first-order chi connectivity index (χ1) is 13.9. The van der Waals surface area contributed by atoms with E-state index in [4.69, 9.17) is 0 Å². The number of aromatic nitrogens is 2. The molecule has 0 saturated heterocycles. The van der Waals surface area contributed by atoms with Crippen LogP contribution in [-0.4, -0.2) is 10.2 Å². The predicted molar refractivity (Wildman–Crippen MR) is 120 cm³/mol. The lowest BCUT2D eigenvalue weighted by atomic mass is 10.00. The van der Waals surface area contributed by atoms with Crippen LogP contribution >= 0.6 is 11.3 Å². The number of hydrogen-bond acceptors (Lipinski definition) is 2. The Bertz CT molecular complexity index is 1460. The van der Waals surface area contributed by atoms with Crippen LogP contribution in [0.3, 0.4) is 0 Å². The fourth-order valence-electron chi connectivity index (χ4n) is 3.97. The lowest BCUT2D eigenvalue weighted by Crippen LogP contribution is -1.82. The molecule has 28 heavy (non-hydrogen) atoms. The fraction of sp³-hybridized carbons (Fsp3) is 0. The molecule has 6 aromatic rings. The van der Waals surface area contributed by atoms with E-state index in [1.54, 1.807) is 0 Å². The summed E-state index contributed by atoms with van der Waals surface area (Å²) in [6.07, 6.45) is 0. The number of aromatic amines is 1. The van der Waals surface area contributed by atoms with Gasteiger partial charge in [-0.15, -0.1) is 11.3 Å². The minimum atomic E-state index is 1.00. The van der Waals surface area contributed by atoms with Crippen molar-refractivity contribution in [3.8, 4) is 22.4 Å². The second kappa shape index (κ2) is 6.04. The Kier molecular flexibility index (Phi) is 3.37. The van der Waals surface area contributed by atoms with Gasteiger partial charge in [-0.1, -0.05) is 78.9 Å². The van der Waals surface area contributed by atoms with Crippen molar-refractivity contribution in [2.24, 2.45) is 0 Å². The van der Waals surface area contributed by atoms with Crippen LogP contribution in [0, 0.1) is 0 Å². The van der Waals surface area contributed by atoms with Crippen molar-refractivity contribution >= 4 is 42.4 Å². The molecule has 0 fully saturated rings. The minimum Gasteiger partial charge on any atom is -0.277 e. The molecule has 0 radical (unpaired) electrons. The Morgan fingerprint density at radius 1 is 0.607 bits per heavy atom. The Morgan fingerprint density at radius 3 is 2.21 bits per heavy atom. The van der Waals surface area contributed by atoms with Gasteiger partial charge in [0.2, 0.25) is 0 Å². The molecule has 6 rings (SSSR count). The Morgan fingerprint density at radius 2 is 1.32 bits per heavy atom. The monoisotopic (exact) mass is 376 g/mol. The average molecular weight is 376 g/mol. The highest BCUT2D eigenvalue weighted by Gasteiger charge is 2.11. The van der Waals surface area contributed by atoms with Gasteiger partial charge in [0.05, 0.1) is 11.2 Å². The lowest BCUT2D eigenvalue weighted by molar-refractivity contribution is 1.12. The van der Waals surface area contributed by atoms with Crippen LogP contribution in [0.25, 0.3) is 53.5 Å². The first-order valence-corrected chi connectivity index (χ1v) is 10.1. The molecule has 0 spiro atoms. The summed E-state index contributed by atoms with van der Waals surface area (Å²) in [7, 11) is 0. The van der Waals surface area contributed by atoms with Crippen LogP contribution < -0.4 is 0 Å². The number of rotatable bonds is 2. The van der Waals surface area contributed by atoms with E-state index in [1.165, 1.54) is 31.3 Å². The Hall–Kier alpha value is -3.43. The molecule has 0 aliphatic rings. The number of fused-ring (bicyclic) bond motifs is 4. The molecule has 132 valence electrons. The average Bonchev–Trinajstić information content (AvgIpc) is 3.35. The van der Waals surface area contributed by atoms with Gasteiger partial charge in [0.25, 0.3) is 0 Å². The quantitative estimate of drug-likeness (QED) is 0.338. The molecule has 2 nitrogen and oxygen atoms in total. The van der Waals surface area contributed by atoms with Crippen molar-refractivity contribution in [1.82, 2.24) is 10.2 Å². The summed E-state index contributed by atoms with van der Waals surface area (Å²) in [4.78, 5) is 0. The van der Waals surface area contributed by atoms with E-state index in [1.807, 2.05) is 17.4 Å². The largest absolute Gasteiger partial charge is 0.277 e. The van der Waals surface area contributed by atoms with E-state index in [0.29, 0.717) is 0 Å². The number of benzene rings is 4. The summed E-state index contributed by atoms with van der Waals surface area (Å²) in [5.41, 5.74) is 5.72. The third-order valence-electron chi connectivity index (χ3n) is 5.34. The molecule has 2 heterocycles. The number of nitrogens with zero attached hydrogens (tertiary/aromatic N) is 1. The number of hydrogen-bond donors (Lipinski definition) is 1. The van der Waals surface area contributed by atoms with E-state index in [9.17, 15) is 0 Å². The molecule has 0 aliphatic carbocycles. The zero-order chi connectivity index (χ0) is 18.5. The first-order valence-electron chi connectivity index (χ1n) is 9.33. The van der Waals surface area contributed by atoms with Gasteiger partial charge in [0, 0.05) is 31.1 Å². The minimum absolute atomic E-state index is 1.00. The molecular formula is C25H16N2S. The Balaban J connectivity index is 1.49. The van der Waals surface area contributed by atoms with Crippen molar-refractivity contribution in [2.45, 2.75) is 0 Å². The smallest absolute Gasteiger partial charge is 0.0999 e. The van der Waals surface area contributed by atoms with Crippen molar-refractivity contribution in [2.75, 3.05) is 0 Å². The van der Waals surface area contributed by atoms with E-state index >= 15 is 0 Å². The zero-order valence-corrected chi connectivity index (χ0v) is 15.8. The Labute approximate surface area is 166 Å². The van der Waals surface area contributed by atoms with Crippen LogP contribution in [0.4, 0.5) is 0 Å². The molecule has 0 atom stereocenters. The van der Waals surface area contributed by atoms with Crippen molar-refractivity contribution in [3.05, 3.63) is 91.0 Å². The van der Waals surface area contributed by atoms with Gasteiger partial charge in [0.15, 0.2) is 0 Å². The van der Waals surface area contributed by atoms with E-state index in [-0.39, 0.29) is 0 Å².